The van der Waals surface area contributed by atoms with Crippen LogP contribution in [0.25, 0.3) is 11.3 Å². The highest BCUT2D eigenvalue weighted by Crippen LogP contribution is 2.24. The third-order valence-corrected chi connectivity index (χ3v) is 4.27. The van der Waals surface area contributed by atoms with Gasteiger partial charge in [-0.05, 0) is 25.2 Å². The fraction of sp³-hybridized carbons (Fsp3) is 0.500. The maximum atomic E-state index is 12.0. The summed E-state index contributed by atoms with van der Waals surface area (Å²) in [7, 11) is 1.61. The minimum atomic E-state index is -0.104. The maximum absolute atomic E-state index is 12.0. The van der Waals surface area contributed by atoms with Gasteiger partial charge in [0.25, 0.3) is 0 Å². The van der Waals surface area contributed by atoms with E-state index in [1.54, 1.807) is 13.2 Å². The average molecular weight is 375 g/mol. The summed E-state index contributed by atoms with van der Waals surface area (Å²) in [6.07, 6.45) is 0.174. The van der Waals surface area contributed by atoms with Gasteiger partial charge in [0.05, 0.1) is 32.4 Å². The second-order valence-corrected chi connectivity index (χ2v) is 6.08. The van der Waals surface area contributed by atoms with Gasteiger partial charge in [-0.3, -0.25) is 4.79 Å². The third-order valence-electron chi connectivity index (χ3n) is 4.27. The Balaban J connectivity index is 1.70. The Bertz CT molecular complexity index is 698. The zero-order chi connectivity index (χ0) is 19.5. The number of carbonyl (C=O) groups excluding carboxylic acids is 1. The predicted octanol–water partition coefficient (Wildman–Crippen LogP) is 2.37. The second kappa shape index (κ2) is 11.4. The molecule has 1 amide bonds. The van der Waals surface area contributed by atoms with Crippen molar-refractivity contribution in [1.82, 2.24) is 15.4 Å². The van der Waals surface area contributed by atoms with Crippen LogP contribution in [0.1, 0.15) is 19.5 Å². The number of aromatic nitrogens is 1. The molecule has 0 saturated heterocycles. The molecule has 0 fully saturated rings. The van der Waals surface area contributed by atoms with Crippen molar-refractivity contribution in [3.63, 3.8) is 0 Å². The summed E-state index contributed by atoms with van der Waals surface area (Å²) in [5.41, 5.74) is 1.45. The lowest BCUT2D eigenvalue weighted by Crippen LogP contribution is -2.31. The average Bonchev–Trinajstić information content (AvgIpc) is 3.16. The van der Waals surface area contributed by atoms with Gasteiger partial charge in [-0.1, -0.05) is 31.1 Å². The van der Waals surface area contributed by atoms with Crippen LogP contribution in [0.4, 0.5) is 0 Å². The lowest BCUT2D eigenvalue weighted by Gasteiger charge is -2.17. The van der Waals surface area contributed by atoms with E-state index in [9.17, 15) is 4.79 Å². The number of hydrogen-bond acceptors (Lipinski definition) is 6. The summed E-state index contributed by atoms with van der Waals surface area (Å²) in [5, 5.41) is 6.81. The number of likely N-dealkylation sites (N-methyl/N-ethyl adjacent to an activating group) is 1. The van der Waals surface area contributed by atoms with Crippen LogP contribution in [0.5, 0.6) is 5.75 Å². The van der Waals surface area contributed by atoms with E-state index >= 15 is 0 Å². The summed E-state index contributed by atoms with van der Waals surface area (Å²) in [6.45, 7) is 8.87. The summed E-state index contributed by atoms with van der Waals surface area (Å²) < 4.78 is 16.1. The highest BCUT2D eigenvalue weighted by molar-refractivity contribution is 5.78. The molecule has 0 atom stereocenters. The normalized spacial score (nSPS) is 11.0. The number of nitrogens with zero attached hydrogens (tertiary/aromatic N) is 2. The number of carbonyl (C=O) groups is 1. The molecular weight excluding hydrogens is 346 g/mol. The fourth-order valence-electron chi connectivity index (χ4n) is 2.63. The first-order valence-electron chi connectivity index (χ1n) is 9.33. The molecular formula is C20H29N3O4. The largest absolute Gasteiger partial charge is 0.497 e. The Morgan fingerprint density at radius 3 is 2.78 bits per heavy atom. The Morgan fingerprint density at radius 2 is 2.04 bits per heavy atom. The van der Waals surface area contributed by atoms with Crippen molar-refractivity contribution in [2.24, 2.45) is 0 Å². The van der Waals surface area contributed by atoms with Crippen LogP contribution in [-0.2, 0) is 16.0 Å². The van der Waals surface area contributed by atoms with Gasteiger partial charge in [0.1, 0.15) is 5.75 Å². The van der Waals surface area contributed by atoms with E-state index in [0.29, 0.717) is 31.2 Å². The van der Waals surface area contributed by atoms with E-state index in [1.807, 2.05) is 24.3 Å². The van der Waals surface area contributed by atoms with Crippen molar-refractivity contribution >= 4 is 5.91 Å². The molecule has 0 radical (unpaired) electrons. The van der Waals surface area contributed by atoms with Gasteiger partial charge in [0, 0.05) is 24.7 Å². The van der Waals surface area contributed by atoms with Crippen molar-refractivity contribution in [3.05, 3.63) is 36.0 Å². The third kappa shape index (κ3) is 7.03. The first kappa shape index (κ1) is 20.9. The van der Waals surface area contributed by atoms with Crippen molar-refractivity contribution < 1.29 is 18.8 Å². The molecule has 27 heavy (non-hydrogen) atoms. The van der Waals surface area contributed by atoms with Crippen LogP contribution in [0, 0.1) is 0 Å². The first-order chi connectivity index (χ1) is 13.2. The van der Waals surface area contributed by atoms with Crippen molar-refractivity contribution in [2.45, 2.75) is 20.3 Å². The number of rotatable bonds is 12. The van der Waals surface area contributed by atoms with Gasteiger partial charge in [0.2, 0.25) is 5.91 Å². The molecule has 1 aromatic carbocycles. The highest BCUT2D eigenvalue weighted by Gasteiger charge is 2.11. The summed E-state index contributed by atoms with van der Waals surface area (Å²) >= 11 is 0. The zero-order valence-electron chi connectivity index (χ0n) is 16.4. The molecule has 7 heteroatoms. The molecule has 1 heterocycles. The number of amides is 1. The zero-order valence-corrected chi connectivity index (χ0v) is 16.4. The summed E-state index contributed by atoms with van der Waals surface area (Å²) in [5.74, 6) is 1.24. The topological polar surface area (TPSA) is 76.8 Å². The second-order valence-electron chi connectivity index (χ2n) is 6.08. The molecule has 2 aromatic rings. The minimum absolute atomic E-state index is 0.104. The van der Waals surface area contributed by atoms with Gasteiger partial charge in [-0.15, -0.1) is 0 Å². The summed E-state index contributed by atoms with van der Waals surface area (Å²) in [6, 6.07) is 9.28. The number of methoxy groups -OCH3 is 1. The monoisotopic (exact) mass is 375 g/mol. The molecule has 2 rings (SSSR count). The van der Waals surface area contributed by atoms with E-state index in [-0.39, 0.29) is 12.3 Å². The van der Waals surface area contributed by atoms with Gasteiger partial charge in [0.15, 0.2) is 5.76 Å². The Labute approximate surface area is 160 Å². The van der Waals surface area contributed by atoms with Crippen molar-refractivity contribution in [1.29, 1.82) is 0 Å². The van der Waals surface area contributed by atoms with Crippen LogP contribution in [0.2, 0.25) is 0 Å². The van der Waals surface area contributed by atoms with Gasteiger partial charge < -0.3 is 24.2 Å². The van der Waals surface area contributed by atoms with Crippen molar-refractivity contribution in [3.8, 4) is 17.1 Å². The molecule has 0 bridgehead atoms. The summed E-state index contributed by atoms with van der Waals surface area (Å²) in [4.78, 5) is 14.3. The van der Waals surface area contributed by atoms with Gasteiger partial charge in [-0.25, -0.2) is 0 Å². The van der Waals surface area contributed by atoms with E-state index in [0.717, 1.165) is 30.9 Å². The number of nitrogens with one attached hydrogen (secondary N) is 1. The molecule has 0 saturated carbocycles. The minimum Gasteiger partial charge on any atom is -0.497 e. The van der Waals surface area contributed by atoms with Crippen molar-refractivity contribution in [2.75, 3.05) is 46.5 Å². The molecule has 7 nitrogen and oxygen atoms in total. The molecule has 0 aliphatic rings. The first-order valence-corrected chi connectivity index (χ1v) is 9.33. The lowest BCUT2D eigenvalue weighted by molar-refractivity contribution is -0.120. The maximum Gasteiger partial charge on any atom is 0.226 e. The van der Waals surface area contributed by atoms with Crippen LogP contribution >= 0.6 is 0 Å². The molecule has 148 valence electrons. The predicted molar refractivity (Wildman–Crippen MR) is 104 cm³/mol. The smallest absolute Gasteiger partial charge is 0.226 e. The quantitative estimate of drug-likeness (QED) is 0.574. The molecule has 1 N–H and O–H groups in total. The Morgan fingerprint density at radius 1 is 1.22 bits per heavy atom. The SMILES string of the molecule is CCN(CC)CCOCCNC(=O)Cc1cc(-c2cccc(OC)c2)on1. The van der Waals surface area contributed by atoms with Crippen LogP contribution in [0.3, 0.4) is 0 Å². The molecule has 0 aliphatic carbocycles. The number of hydrogen-bond donors (Lipinski definition) is 1. The van der Waals surface area contributed by atoms with Crippen LogP contribution in [0.15, 0.2) is 34.9 Å². The highest BCUT2D eigenvalue weighted by atomic mass is 16.5. The van der Waals surface area contributed by atoms with Gasteiger partial charge in [-0.2, -0.15) is 0 Å². The number of ether oxygens (including phenoxy) is 2. The molecule has 0 spiro atoms. The van der Waals surface area contributed by atoms with E-state index in [1.165, 1.54) is 0 Å². The van der Waals surface area contributed by atoms with Gasteiger partial charge >= 0.3 is 0 Å². The van der Waals surface area contributed by atoms with E-state index in [4.69, 9.17) is 14.0 Å². The van der Waals surface area contributed by atoms with Crippen LogP contribution in [-0.4, -0.2) is 62.5 Å². The fourth-order valence-corrected chi connectivity index (χ4v) is 2.63. The number of benzene rings is 1. The molecule has 0 unspecified atom stereocenters. The Hall–Kier alpha value is -2.38. The Kier molecular flexibility index (Phi) is 8.80. The lowest BCUT2D eigenvalue weighted by atomic mass is 10.1. The van der Waals surface area contributed by atoms with Crippen LogP contribution < -0.4 is 10.1 Å². The molecule has 1 aromatic heterocycles. The van der Waals surface area contributed by atoms with E-state index < -0.39 is 0 Å². The van der Waals surface area contributed by atoms with E-state index in [2.05, 4.69) is 29.2 Å². The molecule has 0 aliphatic heterocycles. The standard InChI is InChI=1S/C20H29N3O4/c1-4-23(5-2)10-12-26-11-9-21-20(24)15-17-14-19(27-22-17)16-7-6-8-18(13-16)25-3/h6-8,13-14H,4-5,9-12,15H2,1-3H3,(H,21,24).